The molecular formula is C19H27ClN2O5S. The van der Waals surface area contributed by atoms with Gasteiger partial charge in [0.15, 0.2) is 9.84 Å². The average molecular weight is 431 g/mol. The number of halogens is 1. The van der Waals surface area contributed by atoms with Crippen LogP contribution >= 0.6 is 11.6 Å². The normalized spacial score (nSPS) is 24.1. The molecule has 0 radical (unpaired) electrons. The molecule has 1 aromatic carbocycles. The number of benzene rings is 1. The number of hydrogen-bond acceptors (Lipinski definition) is 5. The number of sulfone groups is 1. The molecule has 1 amide bonds. The minimum Gasteiger partial charge on any atom is -0.492 e. The van der Waals surface area contributed by atoms with Gasteiger partial charge in [0.05, 0.1) is 16.5 Å². The monoisotopic (exact) mass is 430 g/mol. The molecule has 0 aromatic heterocycles. The summed E-state index contributed by atoms with van der Waals surface area (Å²) < 4.78 is 29.0. The highest BCUT2D eigenvalue weighted by atomic mass is 35.5. The highest BCUT2D eigenvalue weighted by Gasteiger charge is 2.29. The molecule has 0 bridgehead atoms. The van der Waals surface area contributed by atoms with Crippen LogP contribution in [0.5, 0.6) is 5.75 Å². The second-order valence-electron chi connectivity index (χ2n) is 7.66. The molecule has 1 aliphatic carbocycles. The Morgan fingerprint density at radius 3 is 2.36 bits per heavy atom. The Labute approximate surface area is 171 Å². The second-order valence-corrected chi connectivity index (χ2v) is 10.1. The minimum absolute atomic E-state index is 0.188. The molecule has 7 nitrogen and oxygen atoms in total. The van der Waals surface area contributed by atoms with Crippen LogP contribution in [-0.4, -0.2) is 74.5 Å². The third kappa shape index (κ3) is 5.30. The summed E-state index contributed by atoms with van der Waals surface area (Å²) in [4.78, 5) is 15.1. The van der Waals surface area contributed by atoms with Crippen LogP contribution in [0.3, 0.4) is 0 Å². The number of carboxylic acid groups (broad SMARTS) is 1. The van der Waals surface area contributed by atoms with Gasteiger partial charge in [-0.15, -0.1) is 0 Å². The molecule has 3 rings (SSSR count). The van der Waals surface area contributed by atoms with Gasteiger partial charge in [0.25, 0.3) is 0 Å². The molecule has 1 heterocycles. The summed E-state index contributed by atoms with van der Waals surface area (Å²) >= 11 is 6.17. The van der Waals surface area contributed by atoms with Crippen molar-refractivity contribution in [2.75, 3.05) is 39.0 Å². The van der Waals surface area contributed by atoms with Crippen molar-refractivity contribution in [1.29, 1.82) is 0 Å². The minimum atomic E-state index is -3.28. The average Bonchev–Trinajstić information content (AvgIpc) is 2.67. The number of piperazine rings is 1. The van der Waals surface area contributed by atoms with Crippen LogP contribution in [0.4, 0.5) is 4.79 Å². The van der Waals surface area contributed by atoms with E-state index in [1.54, 1.807) is 6.07 Å². The molecule has 1 aromatic rings. The lowest BCUT2D eigenvalue weighted by Gasteiger charge is -2.41. The molecule has 2 aliphatic rings. The summed E-state index contributed by atoms with van der Waals surface area (Å²) in [5.41, 5.74) is 0. The Bertz CT molecular complexity index is 801. The first-order valence-corrected chi connectivity index (χ1v) is 11.9. The van der Waals surface area contributed by atoms with Gasteiger partial charge in [-0.2, -0.15) is 0 Å². The SMILES string of the molecule is CS(=O)(=O)c1ccc(OC[C@H]2CC[C@H](N3CCN(C(=O)O)CC3)CC2)c(Cl)c1. The van der Waals surface area contributed by atoms with Gasteiger partial charge in [0.1, 0.15) is 5.75 Å². The molecule has 1 N–H and O–H groups in total. The van der Waals surface area contributed by atoms with E-state index in [0.717, 1.165) is 45.0 Å². The van der Waals surface area contributed by atoms with Gasteiger partial charge in [0.2, 0.25) is 0 Å². The van der Waals surface area contributed by atoms with Crippen molar-refractivity contribution in [3.63, 3.8) is 0 Å². The largest absolute Gasteiger partial charge is 0.492 e. The van der Waals surface area contributed by atoms with Crippen molar-refractivity contribution in [2.24, 2.45) is 5.92 Å². The fourth-order valence-electron chi connectivity index (χ4n) is 3.99. The lowest BCUT2D eigenvalue weighted by atomic mass is 9.85. The zero-order valence-corrected chi connectivity index (χ0v) is 17.6. The van der Waals surface area contributed by atoms with E-state index in [1.165, 1.54) is 17.0 Å². The summed E-state index contributed by atoms with van der Waals surface area (Å²) in [6.07, 6.45) is 4.61. The Balaban J connectivity index is 1.44. The summed E-state index contributed by atoms with van der Waals surface area (Å²) in [5, 5.41) is 9.36. The highest BCUT2D eigenvalue weighted by Crippen LogP contribution is 2.31. The van der Waals surface area contributed by atoms with Crippen molar-refractivity contribution >= 4 is 27.5 Å². The van der Waals surface area contributed by atoms with E-state index < -0.39 is 15.9 Å². The van der Waals surface area contributed by atoms with Crippen LogP contribution < -0.4 is 4.74 Å². The first kappa shape index (κ1) is 21.2. The van der Waals surface area contributed by atoms with Crippen LogP contribution in [0.2, 0.25) is 5.02 Å². The van der Waals surface area contributed by atoms with Gasteiger partial charge in [-0.1, -0.05) is 11.6 Å². The summed E-state index contributed by atoms with van der Waals surface area (Å²) in [7, 11) is -3.28. The fraction of sp³-hybridized carbons (Fsp3) is 0.632. The van der Waals surface area contributed by atoms with Gasteiger partial charge in [-0.3, -0.25) is 4.90 Å². The van der Waals surface area contributed by atoms with E-state index in [9.17, 15) is 13.2 Å². The molecule has 2 fully saturated rings. The summed E-state index contributed by atoms with van der Waals surface area (Å²) in [6.45, 7) is 3.35. The predicted molar refractivity (Wildman–Crippen MR) is 107 cm³/mol. The third-order valence-electron chi connectivity index (χ3n) is 5.72. The van der Waals surface area contributed by atoms with Gasteiger partial charge in [-0.25, -0.2) is 13.2 Å². The van der Waals surface area contributed by atoms with Gasteiger partial charge in [-0.05, 0) is 49.8 Å². The molecule has 1 saturated heterocycles. The smallest absolute Gasteiger partial charge is 0.407 e. The topological polar surface area (TPSA) is 87.2 Å². The number of carbonyl (C=O) groups is 1. The Kier molecular flexibility index (Phi) is 6.73. The first-order chi connectivity index (χ1) is 13.2. The van der Waals surface area contributed by atoms with Gasteiger partial charge in [0, 0.05) is 38.5 Å². The lowest BCUT2D eigenvalue weighted by Crippen LogP contribution is -2.52. The van der Waals surface area contributed by atoms with Crippen molar-refractivity contribution in [3.05, 3.63) is 23.2 Å². The maximum Gasteiger partial charge on any atom is 0.407 e. The van der Waals surface area contributed by atoms with Crippen LogP contribution in [0.15, 0.2) is 23.1 Å². The van der Waals surface area contributed by atoms with E-state index in [-0.39, 0.29) is 4.90 Å². The molecule has 156 valence electrons. The lowest BCUT2D eigenvalue weighted by molar-refractivity contribution is 0.0619. The number of hydrogen-bond donors (Lipinski definition) is 1. The highest BCUT2D eigenvalue weighted by molar-refractivity contribution is 7.90. The summed E-state index contributed by atoms with van der Waals surface area (Å²) in [5.74, 6) is 0.961. The first-order valence-electron chi connectivity index (χ1n) is 9.58. The fourth-order valence-corrected chi connectivity index (χ4v) is 4.94. The van der Waals surface area contributed by atoms with E-state index in [4.69, 9.17) is 21.4 Å². The Morgan fingerprint density at radius 1 is 1.18 bits per heavy atom. The number of rotatable bonds is 5. The molecule has 1 aliphatic heterocycles. The molecule has 0 unspecified atom stereocenters. The van der Waals surface area contributed by atoms with E-state index in [1.807, 2.05) is 0 Å². The molecule has 0 atom stereocenters. The molecule has 0 spiro atoms. The number of nitrogens with zero attached hydrogens (tertiary/aromatic N) is 2. The van der Waals surface area contributed by atoms with E-state index in [2.05, 4.69) is 4.90 Å². The maximum absolute atomic E-state index is 11.6. The van der Waals surface area contributed by atoms with Gasteiger partial charge >= 0.3 is 6.09 Å². The number of amides is 1. The summed E-state index contributed by atoms with van der Waals surface area (Å²) in [6, 6.07) is 5.08. The Morgan fingerprint density at radius 2 is 1.82 bits per heavy atom. The third-order valence-corrected chi connectivity index (χ3v) is 7.13. The quantitative estimate of drug-likeness (QED) is 0.772. The van der Waals surface area contributed by atoms with Gasteiger partial charge < -0.3 is 14.7 Å². The molecular weight excluding hydrogens is 404 g/mol. The molecule has 28 heavy (non-hydrogen) atoms. The second kappa shape index (κ2) is 8.88. The Hall–Kier alpha value is -1.51. The van der Waals surface area contributed by atoms with Crippen molar-refractivity contribution in [2.45, 2.75) is 36.6 Å². The van der Waals surface area contributed by atoms with Crippen molar-refractivity contribution in [3.8, 4) is 5.75 Å². The van der Waals surface area contributed by atoms with E-state index >= 15 is 0 Å². The number of ether oxygens (including phenoxy) is 1. The maximum atomic E-state index is 11.6. The molecule has 9 heteroatoms. The predicted octanol–water partition coefficient (Wildman–Crippen LogP) is 2.98. The molecule has 1 saturated carbocycles. The van der Waals surface area contributed by atoms with Crippen LogP contribution in [0.25, 0.3) is 0 Å². The zero-order chi connectivity index (χ0) is 20.3. The van der Waals surface area contributed by atoms with Crippen LogP contribution in [0.1, 0.15) is 25.7 Å². The standard InChI is InChI=1S/C19H27ClN2O5S/c1-28(25,26)16-6-7-18(17(20)12-16)27-13-14-2-4-15(5-3-14)21-8-10-22(11-9-21)19(23)24/h6-7,12,14-15H,2-5,8-11,13H2,1H3,(H,23,24)/t14-,15-. The van der Waals surface area contributed by atoms with Crippen molar-refractivity contribution < 1.29 is 23.1 Å². The van der Waals surface area contributed by atoms with E-state index in [0.29, 0.717) is 42.4 Å². The van der Waals surface area contributed by atoms with Crippen molar-refractivity contribution in [1.82, 2.24) is 9.80 Å². The van der Waals surface area contributed by atoms with Crippen LogP contribution in [0, 0.1) is 5.92 Å². The van der Waals surface area contributed by atoms with Crippen LogP contribution in [-0.2, 0) is 9.84 Å². The zero-order valence-electron chi connectivity index (χ0n) is 16.0.